The molecule has 1 aliphatic heterocycles. The van der Waals surface area contributed by atoms with Gasteiger partial charge in [0.2, 0.25) is 0 Å². The number of aryl methyl sites for hydroxylation is 1. The molecule has 0 spiro atoms. The van der Waals surface area contributed by atoms with E-state index in [4.69, 9.17) is 0 Å². The normalized spacial score (nSPS) is 15.6. The summed E-state index contributed by atoms with van der Waals surface area (Å²) in [5, 5.41) is 9.96. The number of rotatable bonds is 5. The molecule has 1 aromatic carbocycles. The van der Waals surface area contributed by atoms with Gasteiger partial charge in [0.15, 0.2) is 5.65 Å². The Hall–Kier alpha value is -3.00. The number of hydrogen-bond acceptors (Lipinski definition) is 4. The second-order valence-corrected chi connectivity index (χ2v) is 6.96. The number of anilines is 1. The lowest BCUT2D eigenvalue weighted by molar-refractivity contribution is 0.224. The van der Waals surface area contributed by atoms with Crippen molar-refractivity contribution < 1.29 is 9.18 Å². The molecule has 7 nitrogen and oxygen atoms in total. The number of nitrogens with zero attached hydrogens (tertiary/aromatic N) is 4. The maximum atomic E-state index is 14.4. The Morgan fingerprint density at radius 3 is 2.79 bits per heavy atom. The summed E-state index contributed by atoms with van der Waals surface area (Å²) in [7, 11) is 0. The fourth-order valence-corrected chi connectivity index (χ4v) is 3.70. The third kappa shape index (κ3) is 3.82. The minimum atomic E-state index is -0.353. The van der Waals surface area contributed by atoms with Gasteiger partial charge in [-0.15, -0.1) is 0 Å². The summed E-state index contributed by atoms with van der Waals surface area (Å²) in [5.74, 6) is 0.383. The molecule has 146 valence electrons. The van der Waals surface area contributed by atoms with Gasteiger partial charge in [-0.2, -0.15) is 5.10 Å². The number of likely N-dealkylation sites (tertiary alicyclic amines) is 1. The van der Waals surface area contributed by atoms with Crippen molar-refractivity contribution in [2.75, 3.05) is 25.0 Å². The molecule has 3 heterocycles. The summed E-state index contributed by atoms with van der Waals surface area (Å²) in [6.07, 6.45) is 3.96. The predicted molar refractivity (Wildman–Crippen MR) is 105 cm³/mol. The molecule has 2 aromatic heterocycles. The van der Waals surface area contributed by atoms with Gasteiger partial charge in [-0.1, -0.05) is 18.2 Å². The van der Waals surface area contributed by atoms with E-state index >= 15 is 0 Å². The topological polar surface area (TPSA) is 74.6 Å². The first-order valence-corrected chi connectivity index (χ1v) is 9.47. The summed E-state index contributed by atoms with van der Waals surface area (Å²) < 4.78 is 16.0. The van der Waals surface area contributed by atoms with Crippen LogP contribution in [0.3, 0.4) is 0 Å². The molecule has 28 heavy (non-hydrogen) atoms. The van der Waals surface area contributed by atoms with Crippen LogP contribution in [0.2, 0.25) is 0 Å². The standard InChI is InChI=1S/C20H23FN6O/c1-14-23-19-17(9-6-12-27(19)25-14)24-20(28)22-13-18(26-10-4-5-11-26)15-7-2-3-8-16(15)21/h2-3,6-9,12,18H,4-5,10-11,13H2,1H3,(H2,22,24,28)/t18-/m1/s1. The van der Waals surface area contributed by atoms with Gasteiger partial charge >= 0.3 is 6.03 Å². The van der Waals surface area contributed by atoms with Crippen LogP contribution in [0.15, 0.2) is 42.6 Å². The third-order valence-electron chi connectivity index (χ3n) is 5.02. The van der Waals surface area contributed by atoms with Crippen LogP contribution in [-0.4, -0.2) is 45.2 Å². The van der Waals surface area contributed by atoms with Crippen LogP contribution < -0.4 is 10.6 Å². The Morgan fingerprint density at radius 2 is 2.00 bits per heavy atom. The zero-order valence-electron chi connectivity index (χ0n) is 15.7. The van der Waals surface area contributed by atoms with Gasteiger partial charge in [0.25, 0.3) is 0 Å². The van der Waals surface area contributed by atoms with E-state index in [1.807, 2.05) is 6.07 Å². The smallest absolute Gasteiger partial charge is 0.319 e. The van der Waals surface area contributed by atoms with E-state index in [2.05, 4.69) is 25.6 Å². The minimum absolute atomic E-state index is 0.194. The number of halogens is 1. The van der Waals surface area contributed by atoms with Crippen molar-refractivity contribution in [1.82, 2.24) is 24.8 Å². The molecule has 0 bridgehead atoms. The van der Waals surface area contributed by atoms with E-state index < -0.39 is 0 Å². The number of carbonyl (C=O) groups excluding carboxylic acids is 1. The Labute approximate surface area is 162 Å². The average molecular weight is 382 g/mol. The summed E-state index contributed by atoms with van der Waals surface area (Å²) in [6, 6.07) is 9.79. The molecule has 8 heteroatoms. The van der Waals surface area contributed by atoms with Gasteiger partial charge in [0, 0.05) is 18.3 Å². The molecule has 0 unspecified atom stereocenters. The molecule has 0 radical (unpaired) electrons. The van der Waals surface area contributed by atoms with Gasteiger partial charge in [0.1, 0.15) is 11.6 Å². The van der Waals surface area contributed by atoms with Gasteiger partial charge in [-0.05, 0) is 51.1 Å². The van der Waals surface area contributed by atoms with E-state index in [-0.39, 0.29) is 17.9 Å². The summed E-state index contributed by atoms with van der Waals surface area (Å²) in [4.78, 5) is 19.1. The van der Waals surface area contributed by atoms with Crippen LogP contribution in [0.1, 0.15) is 30.3 Å². The first kappa shape index (κ1) is 18.4. The fourth-order valence-electron chi connectivity index (χ4n) is 3.70. The minimum Gasteiger partial charge on any atom is -0.336 e. The number of benzene rings is 1. The molecule has 1 fully saturated rings. The quantitative estimate of drug-likeness (QED) is 0.711. The van der Waals surface area contributed by atoms with Crippen molar-refractivity contribution in [3.63, 3.8) is 0 Å². The SMILES string of the molecule is Cc1nc2c(NC(=O)NC[C@H](c3ccccc3F)N3CCCC3)cccn2n1. The van der Waals surface area contributed by atoms with Crippen LogP contribution in [0.25, 0.3) is 5.65 Å². The Kier molecular flexibility index (Phi) is 5.21. The molecule has 1 atom stereocenters. The fraction of sp³-hybridized carbons (Fsp3) is 0.350. The molecule has 2 amide bonds. The maximum absolute atomic E-state index is 14.4. The highest BCUT2D eigenvalue weighted by Crippen LogP contribution is 2.26. The van der Waals surface area contributed by atoms with E-state index in [1.165, 1.54) is 6.07 Å². The predicted octanol–water partition coefficient (Wildman–Crippen LogP) is 3.14. The second-order valence-electron chi connectivity index (χ2n) is 6.96. The van der Waals surface area contributed by atoms with Crippen molar-refractivity contribution in [1.29, 1.82) is 0 Å². The zero-order valence-corrected chi connectivity index (χ0v) is 15.7. The first-order chi connectivity index (χ1) is 13.6. The molecule has 1 saturated heterocycles. The van der Waals surface area contributed by atoms with Gasteiger partial charge in [-0.25, -0.2) is 18.7 Å². The lowest BCUT2D eigenvalue weighted by atomic mass is 10.0. The molecule has 0 saturated carbocycles. The number of fused-ring (bicyclic) bond motifs is 1. The highest BCUT2D eigenvalue weighted by molar-refractivity contribution is 5.93. The molecular weight excluding hydrogens is 359 g/mol. The van der Waals surface area contributed by atoms with Gasteiger partial charge < -0.3 is 10.6 Å². The zero-order chi connectivity index (χ0) is 19.5. The van der Waals surface area contributed by atoms with Crippen LogP contribution in [0, 0.1) is 12.7 Å². The second kappa shape index (κ2) is 7.93. The summed E-state index contributed by atoms with van der Waals surface area (Å²) in [6.45, 7) is 3.93. The lowest BCUT2D eigenvalue weighted by Gasteiger charge is -2.28. The van der Waals surface area contributed by atoms with Gasteiger partial charge in [-0.3, -0.25) is 4.90 Å². The largest absolute Gasteiger partial charge is 0.336 e. The van der Waals surface area contributed by atoms with Crippen molar-refractivity contribution in [2.45, 2.75) is 25.8 Å². The summed E-state index contributed by atoms with van der Waals surface area (Å²) >= 11 is 0. The number of hydrogen-bond donors (Lipinski definition) is 2. The van der Waals surface area contributed by atoms with Gasteiger partial charge in [0.05, 0.1) is 11.7 Å². The summed E-state index contributed by atoms with van der Waals surface area (Å²) in [5.41, 5.74) is 1.77. The number of nitrogens with one attached hydrogen (secondary N) is 2. The van der Waals surface area contributed by atoms with E-state index in [0.29, 0.717) is 29.3 Å². The number of aromatic nitrogens is 3. The molecule has 4 rings (SSSR count). The van der Waals surface area contributed by atoms with E-state index in [0.717, 1.165) is 25.9 Å². The lowest BCUT2D eigenvalue weighted by Crippen LogP contribution is -2.39. The third-order valence-corrected chi connectivity index (χ3v) is 5.02. The molecular formula is C20H23FN6O. The van der Waals surface area contributed by atoms with Crippen LogP contribution in [0.5, 0.6) is 0 Å². The number of carbonyl (C=O) groups is 1. The molecule has 3 aromatic rings. The molecule has 1 aliphatic rings. The highest BCUT2D eigenvalue weighted by Gasteiger charge is 2.26. The van der Waals surface area contributed by atoms with Crippen molar-refractivity contribution in [2.24, 2.45) is 0 Å². The van der Waals surface area contributed by atoms with Crippen molar-refractivity contribution >= 4 is 17.4 Å². The van der Waals surface area contributed by atoms with Crippen LogP contribution in [-0.2, 0) is 0 Å². The Morgan fingerprint density at radius 1 is 1.21 bits per heavy atom. The highest BCUT2D eigenvalue weighted by atomic mass is 19.1. The Bertz CT molecular complexity index is 982. The monoisotopic (exact) mass is 382 g/mol. The Balaban J connectivity index is 1.47. The number of amides is 2. The number of urea groups is 1. The van der Waals surface area contributed by atoms with E-state index in [1.54, 1.807) is 41.9 Å². The van der Waals surface area contributed by atoms with Crippen molar-refractivity contribution in [3.8, 4) is 0 Å². The number of pyridine rings is 1. The van der Waals surface area contributed by atoms with Crippen LogP contribution in [0.4, 0.5) is 14.9 Å². The molecule has 2 N–H and O–H groups in total. The average Bonchev–Trinajstić information content (AvgIpc) is 3.33. The molecule has 0 aliphatic carbocycles. The van der Waals surface area contributed by atoms with E-state index in [9.17, 15) is 9.18 Å². The maximum Gasteiger partial charge on any atom is 0.319 e. The van der Waals surface area contributed by atoms with Crippen LogP contribution >= 0.6 is 0 Å². The first-order valence-electron chi connectivity index (χ1n) is 9.47. The van der Waals surface area contributed by atoms with Crippen molar-refractivity contribution in [3.05, 3.63) is 59.8 Å².